The predicted octanol–water partition coefficient (Wildman–Crippen LogP) is 3.88. The fraction of sp³-hybridized carbons (Fsp3) is 0.211. The molecule has 1 aliphatic heterocycles. The van der Waals surface area contributed by atoms with E-state index < -0.39 is 17.1 Å². The minimum absolute atomic E-state index is 0.280. The van der Waals surface area contributed by atoms with E-state index in [0.29, 0.717) is 11.4 Å². The van der Waals surface area contributed by atoms with Crippen molar-refractivity contribution >= 4 is 40.6 Å². The monoisotopic (exact) mass is 370 g/mol. The summed E-state index contributed by atoms with van der Waals surface area (Å²) >= 11 is 0.823. The normalized spacial score (nSPS) is 15.8. The molecule has 0 saturated carbocycles. The fourth-order valence-corrected chi connectivity index (χ4v) is 3.45. The lowest BCUT2D eigenvalue weighted by molar-refractivity contribution is -0.127. The number of anilines is 1. The number of benzene rings is 1. The third-order valence-electron chi connectivity index (χ3n) is 3.96. The van der Waals surface area contributed by atoms with Crippen LogP contribution in [0.15, 0.2) is 39.7 Å². The predicted molar refractivity (Wildman–Crippen MR) is 101 cm³/mol. The van der Waals surface area contributed by atoms with Crippen molar-refractivity contribution in [3.63, 3.8) is 0 Å². The zero-order valence-electron chi connectivity index (χ0n) is 14.7. The lowest BCUT2D eigenvalue weighted by atomic mass is 10.2. The van der Waals surface area contributed by atoms with Crippen LogP contribution in [-0.2, 0) is 9.59 Å². The first-order valence-corrected chi connectivity index (χ1v) is 8.84. The lowest BCUT2D eigenvalue weighted by Crippen LogP contribution is -2.36. The number of carbonyl (C=O) groups is 3. The Morgan fingerprint density at radius 3 is 2.62 bits per heavy atom. The lowest BCUT2D eigenvalue weighted by Gasteiger charge is -2.13. The van der Waals surface area contributed by atoms with Crippen LogP contribution in [0.1, 0.15) is 22.6 Å². The van der Waals surface area contributed by atoms with Gasteiger partial charge < -0.3 is 9.73 Å². The standard InChI is InChI=1S/C19H18N2O4S/c1-11-6-4-5-7-15(11)20-17(22)10-21-18(23)16(26-19(21)24)9-14-8-12(2)25-13(14)3/h4-9H,10H2,1-3H3,(H,20,22)/b16-9-. The Kier molecular flexibility index (Phi) is 4.99. The number of amides is 3. The number of rotatable bonds is 4. The van der Waals surface area contributed by atoms with Crippen LogP contribution in [0.2, 0.25) is 0 Å². The van der Waals surface area contributed by atoms with Crippen LogP contribution in [0, 0.1) is 20.8 Å². The maximum absolute atomic E-state index is 12.5. The average Bonchev–Trinajstić information content (AvgIpc) is 3.03. The molecule has 7 heteroatoms. The summed E-state index contributed by atoms with van der Waals surface area (Å²) in [4.78, 5) is 38.1. The second-order valence-corrected chi connectivity index (χ2v) is 6.99. The molecule has 0 spiro atoms. The maximum Gasteiger partial charge on any atom is 0.294 e. The molecular formula is C19H18N2O4S. The van der Waals surface area contributed by atoms with Crippen molar-refractivity contribution in [1.29, 1.82) is 0 Å². The van der Waals surface area contributed by atoms with Crippen LogP contribution in [0.3, 0.4) is 0 Å². The third-order valence-corrected chi connectivity index (χ3v) is 4.87. The van der Waals surface area contributed by atoms with Gasteiger partial charge in [0, 0.05) is 11.3 Å². The molecule has 2 heterocycles. The summed E-state index contributed by atoms with van der Waals surface area (Å²) < 4.78 is 5.43. The van der Waals surface area contributed by atoms with Gasteiger partial charge in [0.05, 0.1) is 4.91 Å². The molecule has 0 radical (unpaired) electrons. The molecular weight excluding hydrogens is 352 g/mol. The number of furan rings is 1. The number of para-hydroxylation sites is 1. The molecule has 26 heavy (non-hydrogen) atoms. The van der Waals surface area contributed by atoms with Crippen LogP contribution in [0.25, 0.3) is 6.08 Å². The topological polar surface area (TPSA) is 79.6 Å². The molecule has 2 aromatic rings. The fourth-order valence-electron chi connectivity index (χ4n) is 2.62. The molecule has 6 nitrogen and oxygen atoms in total. The van der Waals surface area contributed by atoms with Gasteiger partial charge in [0.15, 0.2) is 0 Å². The van der Waals surface area contributed by atoms with Gasteiger partial charge in [0.25, 0.3) is 11.1 Å². The number of hydrogen-bond donors (Lipinski definition) is 1. The summed E-state index contributed by atoms with van der Waals surface area (Å²) in [6.45, 7) is 5.15. The number of hydrogen-bond acceptors (Lipinski definition) is 5. The molecule has 1 fully saturated rings. The van der Waals surface area contributed by atoms with E-state index in [-0.39, 0.29) is 11.4 Å². The molecule has 0 unspecified atom stereocenters. The highest BCUT2D eigenvalue weighted by atomic mass is 32.2. The number of nitrogens with zero attached hydrogens (tertiary/aromatic N) is 1. The van der Waals surface area contributed by atoms with Crippen molar-refractivity contribution in [2.24, 2.45) is 0 Å². The minimum Gasteiger partial charge on any atom is -0.466 e. The van der Waals surface area contributed by atoms with E-state index in [2.05, 4.69) is 5.32 Å². The quantitative estimate of drug-likeness (QED) is 0.826. The van der Waals surface area contributed by atoms with Gasteiger partial charge in [-0.05, 0) is 56.3 Å². The highest BCUT2D eigenvalue weighted by Crippen LogP contribution is 2.33. The molecule has 0 aliphatic carbocycles. The van der Waals surface area contributed by atoms with Crippen LogP contribution in [-0.4, -0.2) is 28.5 Å². The molecule has 1 aromatic heterocycles. The highest BCUT2D eigenvalue weighted by Gasteiger charge is 2.36. The number of aryl methyl sites for hydroxylation is 3. The number of thioether (sulfide) groups is 1. The molecule has 0 atom stereocenters. The molecule has 1 aliphatic rings. The van der Waals surface area contributed by atoms with E-state index in [4.69, 9.17) is 4.42 Å². The van der Waals surface area contributed by atoms with E-state index in [1.165, 1.54) is 0 Å². The molecule has 3 rings (SSSR count). The summed E-state index contributed by atoms with van der Waals surface area (Å²) in [7, 11) is 0. The first-order valence-electron chi connectivity index (χ1n) is 8.03. The number of nitrogens with one attached hydrogen (secondary N) is 1. The van der Waals surface area contributed by atoms with Gasteiger partial charge in [-0.3, -0.25) is 19.3 Å². The molecule has 0 bridgehead atoms. The number of imide groups is 1. The van der Waals surface area contributed by atoms with Gasteiger partial charge >= 0.3 is 0 Å². The van der Waals surface area contributed by atoms with Crippen LogP contribution in [0.4, 0.5) is 10.5 Å². The van der Waals surface area contributed by atoms with Gasteiger partial charge in [0.2, 0.25) is 5.91 Å². The number of carbonyl (C=O) groups excluding carboxylic acids is 3. The Balaban J connectivity index is 1.72. The molecule has 1 aromatic carbocycles. The minimum atomic E-state index is -0.474. The Morgan fingerprint density at radius 2 is 1.96 bits per heavy atom. The Morgan fingerprint density at radius 1 is 1.23 bits per heavy atom. The summed E-state index contributed by atoms with van der Waals surface area (Å²) in [5.74, 6) is 0.508. The van der Waals surface area contributed by atoms with E-state index in [1.807, 2.05) is 26.0 Å². The maximum atomic E-state index is 12.5. The van der Waals surface area contributed by atoms with E-state index in [1.54, 1.807) is 31.2 Å². The SMILES string of the molecule is Cc1cc(/C=C2\SC(=O)N(CC(=O)Nc3ccccc3C)C2=O)c(C)o1. The zero-order chi connectivity index (χ0) is 18.8. The van der Waals surface area contributed by atoms with E-state index in [9.17, 15) is 14.4 Å². The first kappa shape index (κ1) is 18.0. The summed E-state index contributed by atoms with van der Waals surface area (Å²) in [6.07, 6.45) is 1.62. The Bertz CT molecular complexity index is 929. The van der Waals surface area contributed by atoms with Crippen molar-refractivity contribution in [1.82, 2.24) is 4.90 Å². The summed E-state index contributed by atoms with van der Waals surface area (Å²) in [5.41, 5.74) is 2.31. The van der Waals surface area contributed by atoms with Gasteiger partial charge in [-0.25, -0.2) is 0 Å². The second-order valence-electron chi connectivity index (χ2n) is 6.00. The zero-order valence-corrected chi connectivity index (χ0v) is 15.5. The Labute approximate surface area is 155 Å². The van der Waals surface area contributed by atoms with E-state index >= 15 is 0 Å². The van der Waals surface area contributed by atoms with Crippen molar-refractivity contribution in [3.05, 3.63) is 57.9 Å². The van der Waals surface area contributed by atoms with Crippen molar-refractivity contribution < 1.29 is 18.8 Å². The van der Waals surface area contributed by atoms with Crippen molar-refractivity contribution in [2.45, 2.75) is 20.8 Å². The van der Waals surface area contributed by atoms with Crippen LogP contribution < -0.4 is 5.32 Å². The van der Waals surface area contributed by atoms with Gasteiger partial charge in [-0.15, -0.1) is 0 Å². The van der Waals surface area contributed by atoms with Gasteiger partial charge in [0.1, 0.15) is 18.1 Å². The summed E-state index contributed by atoms with van der Waals surface area (Å²) in [6, 6.07) is 9.11. The largest absolute Gasteiger partial charge is 0.466 e. The second kappa shape index (κ2) is 7.21. The van der Waals surface area contributed by atoms with E-state index in [0.717, 1.165) is 33.5 Å². The third kappa shape index (κ3) is 3.72. The van der Waals surface area contributed by atoms with Crippen molar-refractivity contribution in [3.8, 4) is 0 Å². The molecule has 134 valence electrons. The van der Waals surface area contributed by atoms with Crippen molar-refractivity contribution in [2.75, 3.05) is 11.9 Å². The van der Waals surface area contributed by atoms with Gasteiger partial charge in [-0.1, -0.05) is 18.2 Å². The Hall–Kier alpha value is -2.80. The molecule has 3 amide bonds. The summed E-state index contributed by atoms with van der Waals surface area (Å²) in [5, 5.41) is 2.27. The average molecular weight is 370 g/mol. The molecule has 1 saturated heterocycles. The highest BCUT2D eigenvalue weighted by molar-refractivity contribution is 8.18. The molecule has 1 N–H and O–H groups in total. The van der Waals surface area contributed by atoms with Crippen LogP contribution in [0.5, 0.6) is 0 Å². The van der Waals surface area contributed by atoms with Gasteiger partial charge in [-0.2, -0.15) is 0 Å². The van der Waals surface area contributed by atoms with Crippen LogP contribution >= 0.6 is 11.8 Å². The first-order chi connectivity index (χ1) is 12.3. The smallest absolute Gasteiger partial charge is 0.294 e.